The first-order chi connectivity index (χ1) is 11.4. The molecule has 0 aliphatic rings. The van der Waals surface area contributed by atoms with E-state index in [0.29, 0.717) is 13.2 Å². The molecule has 130 valence electrons. The van der Waals surface area contributed by atoms with Gasteiger partial charge in [-0.3, -0.25) is 9.59 Å². The predicted molar refractivity (Wildman–Crippen MR) is 88.7 cm³/mol. The van der Waals surface area contributed by atoms with Gasteiger partial charge in [-0.05, 0) is 18.6 Å². The molecular formula is C17H22N2O5. The van der Waals surface area contributed by atoms with Crippen molar-refractivity contribution in [3.63, 3.8) is 0 Å². The molecule has 0 aliphatic carbocycles. The van der Waals surface area contributed by atoms with Gasteiger partial charge >= 0.3 is 5.97 Å². The molecule has 0 saturated heterocycles. The van der Waals surface area contributed by atoms with Crippen LogP contribution in [-0.4, -0.2) is 44.1 Å². The van der Waals surface area contributed by atoms with E-state index < -0.39 is 23.9 Å². The Balaban J connectivity index is 2.76. The Hall–Kier alpha value is -2.67. The highest BCUT2D eigenvalue weighted by atomic mass is 16.5. The van der Waals surface area contributed by atoms with Crippen molar-refractivity contribution < 1.29 is 23.9 Å². The molecule has 0 bridgehead atoms. The molecule has 1 atom stereocenters. The zero-order valence-electron chi connectivity index (χ0n) is 14.0. The van der Waals surface area contributed by atoms with Crippen LogP contribution in [0.15, 0.2) is 36.0 Å². The standard InChI is InChI=1S/C17H22N2O5/c1-12(16(21)18-9-10-23-3)24-17(22)15(19-13(2)20)11-14-7-5-4-6-8-14/h4-8,11-12H,9-10H2,1-3H3,(H,18,21)(H,19,20)/b15-11-/t12-/m0/s1. The summed E-state index contributed by atoms with van der Waals surface area (Å²) >= 11 is 0. The molecule has 0 radical (unpaired) electrons. The molecule has 2 N–H and O–H groups in total. The van der Waals surface area contributed by atoms with Crippen LogP contribution in [0.2, 0.25) is 0 Å². The minimum absolute atomic E-state index is 0.0368. The van der Waals surface area contributed by atoms with Crippen LogP contribution in [0.1, 0.15) is 19.4 Å². The first-order valence-corrected chi connectivity index (χ1v) is 7.46. The van der Waals surface area contributed by atoms with Crippen LogP contribution in [0.5, 0.6) is 0 Å². The third kappa shape index (κ3) is 7.06. The third-order valence-corrected chi connectivity index (χ3v) is 2.90. The van der Waals surface area contributed by atoms with Gasteiger partial charge in [-0.15, -0.1) is 0 Å². The lowest BCUT2D eigenvalue weighted by Gasteiger charge is -2.15. The van der Waals surface area contributed by atoms with Crippen molar-refractivity contribution in [1.82, 2.24) is 10.6 Å². The van der Waals surface area contributed by atoms with Crippen LogP contribution in [0, 0.1) is 0 Å². The Bertz CT molecular complexity index is 598. The van der Waals surface area contributed by atoms with E-state index in [4.69, 9.17) is 9.47 Å². The summed E-state index contributed by atoms with van der Waals surface area (Å²) in [6.45, 7) is 3.41. The minimum atomic E-state index is -0.998. The van der Waals surface area contributed by atoms with E-state index in [9.17, 15) is 14.4 Å². The van der Waals surface area contributed by atoms with Crippen molar-refractivity contribution in [2.24, 2.45) is 0 Å². The number of hydrogen-bond acceptors (Lipinski definition) is 5. The van der Waals surface area contributed by atoms with E-state index in [2.05, 4.69) is 10.6 Å². The fraction of sp³-hybridized carbons (Fsp3) is 0.353. The zero-order valence-corrected chi connectivity index (χ0v) is 14.0. The summed E-state index contributed by atoms with van der Waals surface area (Å²) in [5.41, 5.74) is 0.681. The largest absolute Gasteiger partial charge is 0.448 e. The Labute approximate surface area is 141 Å². The zero-order chi connectivity index (χ0) is 17.9. The number of carbonyl (C=O) groups is 3. The number of rotatable bonds is 8. The summed E-state index contributed by atoms with van der Waals surface area (Å²) in [6, 6.07) is 8.98. The Kier molecular flexibility index (Phi) is 8.21. The van der Waals surface area contributed by atoms with Gasteiger partial charge in [0.05, 0.1) is 6.61 Å². The van der Waals surface area contributed by atoms with Crippen LogP contribution in [-0.2, 0) is 23.9 Å². The van der Waals surface area contributed by atoms with Gasteiger partial charge in [0, 0.05) is 20.6 Å². The maximum Gasteiger partial charge on any atom is 0.355 e. The normalized spacial score (nSPS) is 12.2. The summed E-state index contributed by atoms with van der Waals surface area (Å²) in [5.74, 6) is -1.64. The summed E-state index contributed by atoms with van der Waals surface area (Å²) in [4.78, 5) is 35.3. The SMILES string of the molecule is COCCNC(=O)[C@H](C)OC(=O)/C(=C/c1ccccc1)NC(C)=O. The average Bonchev–Trinajstić information content (AvgIpc) is 2.54. The van der Waals surface area contributed by atoms with E-state index in [0.717, 1.165) is 5.56 Å². The highest BCUT2D eigenvalue weighted by Gasteiger charge is 2.20. The van der Waals surface area contributed by atoms with Crippen LogP contribution in [0.4, 0.5) is 0 Å². The number of hydrogen-bond donors (Lipinski definition) is 2. The smallest absolute Gasteiger partial charge is 0.355 e. The van der Waals surface area contributed by atoms with Crippen LogP contribution in [0.3, 0.4) is 0 Å². The van der Waals surface area contributed by atoms with Crippen molar-refractivity contribution in [3.8, 4) is 0 Å². The van der Waals surface area contributed by atoms with Gasteiger partial charge in [-0.25, -0.2) is 4.79 Å². The number of benzene rings is 1. The Morgan fingerprint density at radius 2 is 1.88 bits per heavy atom. The molecule has 1 aromatic carbocycles. The van der Waals surface area contributed by atoms with E-state index in [1.54, 1.807) is 24.3 Å². The van der Waals surface area contributed by atoms with Crippen molar-refractivity contribution >= 4 is 23.9 Å². The van der Waals surface area contributed by atoms with Crippen LogP contribution >= 0.6 is 0 Å². The van der Waals surface area contributed by atoms with Gasteiger partial charge < -0.3 is 20.1 Å². The number of methoxy groups -OCH3 is 1. The Morgan fingerprint density at radius 1 is 1.21 bits per heavy atom. The second-order valence-corrected chi connectivity index (χ2v) is 4.98. The number of amides is 2. The van der Waals surface area contributed by atoms with Crippen molar-refractivity contribution in [3.05, 3.63) is 41.6 Å². The van der Waals surface area contributed by atoms with Crippen LogP contribution in [0.25, 0.3) is 6.08 Å². The molecule has 0 fully saturated rings. The molecule has 0 aromatic heterocycles. The maximum absolute atomic E-state index is 12.2. The summed E-state index contributed by atoms with van der Waals surface area (Å²) in [6.07, 6.45) is 0.488. The van der Waals surface area contributed by atoms with Gasteiger partial charge in [0.1, 0.15) is 5.70 Å². The minimum Gasteiger partial charge on any atom is -0.448 e. The molecule has 0 heterocycles. The molecule has 0 spiro atoms. The molecule has 0 aliphatic heterocycles. The first kappa shape index (κ1) is 19.4. The summed E-state index contributed by atoms with van der Waals surface area (Å²) < 4.78 is 9.93. The predicted octanol–water partition coefficient (Wildman–Crippen LogP) is 0.858. The number of carbonyl (C=O) groups excluding carboxylic acids is 3. The van der Waals surface area contributed by atoms with Gasteiger partial charge in [-0.1, -0.05) is 30.3 Å². The molecule has 0 unspecified atom stereocenters. The summed E-state index contributed by atoms with van der Waals surface area (Å²) in [7, 11) is 1.52. The first-order valence-electron chi connectivity index (χ1n) is 7.46. The third-order valence-electron chi connectivity index (χ3n) is 2.90. The number of nitrogens with one attached hydrogen (secondary N) is 2. The average molecular weight is 334 g/mol. The molecule has 2 amide bonds. The van der Waals surface area contributed by atoms with E-state index in [1.165, 1.54) is 27.0 Å². The maximum atomic E-state index is 12.2. The molecule has 0 saturated carbocycles. The molecule has 7 heteroatoms. The van der Waals surface area contributed by atoms with Gasteiger partial charge in [0.25, 0.3) is 5.91 Å². The lowest BCUT2D eigenvalue weighted by molar-refractivity contribution is -0.151. The lowest BCUT2D eigenvalue weighted by Crippen LogP contribution is -2.38. The van der Waals surface area contributed by atoms with Crippen molar-refractivity contribution in [2.75, 3.05) is 20.3 Å². The van der Waals surface area contributed by atoms with E-state index >= 15 is 0 Å². The fourth-order valence-electron chi connectivity index (χ4n) is 1.75. The van der Waals surface area contributed by atoms with E-state index in [-0.39, 0.29) is 5.70 Å². The fourth-order valence-corrected chi connectivity index (χ4v) is 1.75. The quantitative estimate of drug-likeness (QED) is 0.418. The highest BCUT2D eigenvalue weighted by molar-refractivity contribution is 5.98. The molecule has 24 heavy (non-hydrogen) atoms. The molecule has 1 aromatic rings. The van der Waals surface area contributed by atoms with Crippen molar-refractivity contribution in [1.29, 1.82) is 0 Å². The Morgan fingerprint density at radius 3 is 2.46 bits per heavy atom. The van der Waals surface area contributed by atoms with Gasteiger partial charge in [-0.2, -0.15) is 0 Å². The monoisotopic (exact) mass is 334 g/mol. The second kappa shape index (κ2) is 10.2. The molecule has 7 nitrogen and oxygen atoms in total. The van der Waals surface area contributed by atoms with Gasteiger partial charge in [0.15, 0.2) is 6.10 Å². The second-order valence-electron chi connectivity index (χ2n) is 4.98. The number of esters is 1. The number of ether oxygens (including phenoxy) is 2. The molecular weight excluding hydrogens is 312 g/mol. The molecule has 1 rings (SSSR count). The summed E-state index contributed by atoms with van der Waals surface area (Å²) in [5, 5.41) is 4.99. The lowest BCUT2D eigenvalue weighted by atomic mass is 10.2. The van der Waals surface area contributed by atoms with Gasteiger partial charge in [0.2, 0.25) is 5.91 Å². The highest BCUT2D eigenvalue weighted by Crippen LogP contribution is 2.07. The van der Waals surface area contributed by atoms with Crippen LogP contribution < -0.4 is 10.6 Å². The van der Waals surface area contributed by atoms with Crippen molar-refractivity contribution in [2.45, 2.75) is 20.0 Å². The topological polar surface area (TPSA) is 93.7 Å². The van der Waals surface area contributed by atoms with E-state index in [1.807, 2.05) is 6.07 Å².